The summed E-state index contributed by atoms with van der Waals surface area (Å²) in [6.07, 6.45) is 1.58. The van der Waals surface area contributed by atoms with Crippen molar-refractivity contribution in [3.63, 3.8) is 0 Å². The van der Waals surface area contributed by atoms with E-state index in [1.54, 1.807) is 7.11 Å². The molecule has 1 heterocycles. The van der Waals surface area contributed by atoms with Crippen molar-refractivity contribution < 1.29 is 9.53 Å². The Morgan fingerprint density at radius 3 is 2.78 bits per heavy atom. The molecular formula is C14H18ClNO2. The van der Waals surface area contributed by atoms with Crippen molar-refractivity contribution in [3.8, 4) is 0 Å². The van der Waals surface area contributed by atoms with Gasteiger partial charge in [0.15, 0.2) is 0 Å². The van der Waals surface area contributed by atoms with Gasteiger partial charge < -0.3 is 9.64 Å². The third-order valence-electron chi connectivity index (χ3n) is 3.30. The van der Waals surface area contributed by atoms with E-state index in [9.17, 15) is 4.79 Å². The van der Waals surface area contributed by atoms with Crippen LogP contribution in [0.15, 0.2) is 24.3 Å². The number of carbonyl (C=O) groups excluding carboxylic acids is 1. The fourth-order valence-electron chi connectivity index (χ4n) is 2.36. The van der Waals surface area contributed by atoms with Gasteiger partial charge in [0.25, 0.3) is 0 Å². The van der Waals surface area contributed by atoms with Gasteiger partial charge in [-0.05, 0) is 30.0 Å². The number of halogens is 1. The van der Waals surface area contributed by atoms with Gasteiger partial charge in [0.1, 0.15) is 0 Å². The number of methoxy groups -OCH3 is 1. The predicted molar refractivity (Wildman–Crippen MR) is 71.7 cm³/mol. The summed E-state index contributed by atoms with van der Waals surface area (Å²) >= 11 is 5.86. The molecule has 1 aromatic rings. The highest BCUT2D eigenvalue weighted by Gasteiger charge is 2.28. The van der Waals surface area contributed by atoms with E-state index >= 15 is 0 Å². The van der Waals surface area contributed by atoms with E-state index in [0.29, 0.717) is 25.5 Å². The molecule has 18 heavy (non-hydrogen) atoms. The maximum absolute atomic E-state index is 11.8. The molecule has 1 aliphatic heterocycles. The van der Waals surface area contributed by atoms with Gasteiger partial charge in [-0.1, -0.05) is 23.7 Å². The molecule has 0 bridgehead atoms. The quantitative estimate of drug-likeness (QED) is 0.820. The van der Waals surface area contributed by atoms with Crippen molar-refractivity contribution >= 4 is 17.5 Å². The van der Waals surface area contributed by atoms with E-state index in [4.69, 9.17) is 16.3 Å². The molecule has 0 saturated carbocycles. The van der Waals surface area contributed by atoms with Gasteiger partial charge in [-0.25, -0.2) is 0 Å². The first-order valence-electron chi connectivity index (χ1n) is 6.20. The Labute approximate surface area is 113 Å². The van der Waals surface area contributed by atoms with Gasteiger partial charge in [-0.2, -0.15) is 0 Å². The van der Waals surface area contributed by atoms with Crippen molar-refractivity contribution in [2.45, 2.75) is 12.8 Å². The maximum atomic E-state index is 11.8. The first-order chi connectivity index (χ1) is 8.69. The summed E-state index contributed by atoms with van der Waals surface area (Å²) in [5.74, 6) is 0.654. The largest absolute Gasteiger partial charge is 0.383 e. The smallest absolute Gasteiger partial charge is 0.223 e. The zero-order chi connectivity index (χ0) is 13.0. The minimum absolute atomic E-state index is 0.242. The fraction of sp³-hybridized carbons (Fsp3) is 0.500. The van der Waals surface area contributed by atoms with E-state index in [0.717, 1.165) is 18.0 Å². The van der Waals surface area contributed by atoms with E-state index in [2.05, 4.69) is 0 Å². The first kappa shape index (κ1) is 13.4. The molecule has 0 radical (unpaired) electrons. The molecule has 98 valence electrons. The van der Waals surface area contributed by atoms with Crippen LogP contribution >= 0.6 is 11.6 Å². The molecule has 3 nitrogen and oxygen atoms in total. The maximum Gasteiger partial charge on any atom is 0.223 e. The normalized spacial score (nSPS) is 19.6. The summed E-state index contributed by atoms with van der Waals surface area (Å²) in [5.41, 5.74) is 1.24. The molecule has 2 rings (SSSR count). The molecule has 1 fully saturated rings. The summed E-state index contributed by atoms with van der Waals surface area (Å²) < 4.78 is 5.01. The van der Waals surface area contributed by atoms with Crippen LogP contribution < -0.4 is 0 Å². The average molecular weight is 268 g/mol. The number of rotatable bonds is 5. The average Bonchev–Trinajstić information content (AvgIpc) is 2.70. The second-order valence-electron chi connectivity index (χ2n) is 4.73. The molecule has 0 unspecified atom stereocenters. The molecule has 0 aliphatic carbocycles. The van der Waals surface area contributed by atoms with Crippen LogP contribution in [0, 0.1) is 5.92 Å². The van der Waals surface area contributed by atoms with Gasteiger partial charge in [0.05, 0.1) is 6.61 Å². The molecule has 0 spiro atoms. The molecule has 4 heteroatoms. The Morgan fingerprint density at radius 2 is 2.11 bits per heavy atom. The molecule has 0 N–H and O–H groups in total. The number of carbonyl (C=O) groups is 1. The van der Waals surface area contributed by atoms with Crippen molar-refractivity contribution in [2.75, 3.05) is 26.8 Å². The minimum atomic E-state index is 0.242. The van der Waals surface area contributed by atoms with Gasteiger partial charge in [0, 0.05) is 31.6 Å². The summed E-state index contributed by atoms with van der Waals surface area (Å²) in [7, 11) is 1.66. The number of benzene rings is 1. The summed E-state index contributed by atoms with van der Waals surface area (Å²) in [4.78, 5) is 13.7. The van der Waals surface area contributed by atoms with Crippen LogP contribution in [0.3, 0.4) is 0 Å². The Balaban J connectivity index is 1.88. The highest BCUT2D eigenvalue weighted by atomic mass is 35.5. The van der Waals surface area contributed by atoms with Crippen LogP contribution in [0.25, 0.3) is 0 Å². The summed E-state index contributed by atoms with van der Waals surface area (Å²) in [6, 6.07) is 7.86. The highest BCUT2D eigenvalue weighted by Crippen LogP contribution is 2.22. The topological polar surface area (TPSA) is 29.5 Å². The van der Waals surface area contributed by atoms with Gasteiger partial charge >= 0.3 is 0 Å². The number of amides is 1. The lowest BCUT2D eigenvalue weighted by Crippen LogP contribution is -2.28. The van der Waals surface area contributed by atoms with E-state index in [1.807, 2.05) is 29.2 Å². The third-order valence-corrected chi connectivity index (χ3v) is 3.55. The molecule has 1 saturated heterocycles. The second kappa shape index (κ2) is 6.21. The number of hydrogen-bond donors (Lipinski definition) is 0. The number of likely N-dealkylation sites (tertiary alicyclic amines) is 1. The lowest BCUT2D eigenvalue weighted by atomic mass is 9.99. The Kier molecular flexibility index (Phi) is 4.61. The van der Waals surface area contributed by atoms with Crippen molar-refractivity contribution in [3.05, 3.63) is 34.9 Å². The number of nitrogens with zero attached hydrogens (tertiary/aromatic N) is 1. The van der Waals surface area contributed by atoms with Gasteiger partial charge in [-0.15, -0.1) is 0 Å². The molecule has 0 aromatic heterocycles. The second-order valence-corrected chi connectivity index (χ2v) is 5.17. The summed E-state index contributed by atoms with van der Waals surface area (Å²) in [5, 5.41) is 0.753. The molecule has 1 aromatic carbocycles. The van der Waals surface area contributed by atoms with Crippen LogP contribution in [0.5, 0.6) is 0 Å². The van der Waals surface area contributed by atoms with Crippen LogP contribution in [-0.4, -0.2) is 37.6 Å². The minimum Gasteiger partial charge on any atom is -0.383 e. The van der Waals surface area contributed by atoms with Crippen LogP contribution in [0.1, 0.15) is 12.0 Å². The first-order valence-corrected chi connectivity index (χ1v) is 6.58. The SMILES string of the molecule is COCCN1C[C@@H](Cc2ccc(Cl)cc2)CC1=O. The molecular weight excluding hydrogens is 250 g/mol. The Bertz CT molecular complexity index is 405. The van der Waals surface area contributed by atoms with E-state index in [-0.39, 0.29) is 5.91 Å². The Morgan fingerprint density at radius 1 is 1.39 bits per heavy atom. The van der Waals surface area contributed by atoms with E-state index < -0.39 is 0 Å². The molecule has 1 aliphatic rings. The van der Waals surface area contributed by atoms with Crippen molar-refractivity contribution in [1.29, 1.82) is 0 Å². The van der Waals surface area contributed by atoms with Crippen LogP contribution in [0.2, 0.25) is 5.02 Å². The monoisotopic (exact) mass is 267 g/mol. The zero-order valence-electron chi connectivity index (χ0n) is 10.6. The van der Waals surface area contributed by atoms with Gasteiger partial charge in [-0.3, -0.25) is 4.79 Å². The van der Waals surface area contributed by atoms with Crippen molar-refractivity contribution in [2.24, 2.45) is 5.92 Å². The third kappa shape index (κ3) is 3.47. The van der Waals surface area contributed by atoms with Crippen LogP contribution in [0.4, 0.5) is 0 Å². The fourth-order valence-corrected chi connectivity index (χ4v) is 2.49. The van der Waals surface area contributed by atoms with Crippen molar-refractivity contribution in [1.82, 2.24) is 4.90 Å². The van der Waals surface area contributed by atoms with E-state index in [1.165, 1.54) is 5.56 Å². The Hall–Kier alpha value is -1.06. The standard InChI is InChI=1S/C14H18ClNO2/c1-18-7-6-16-10-12(9-14(16)17)8-11-2-4-13(15)5-3-11/h2-5,12H,6-10H2,1H3/t12-/m0/s1. The number of hydrogen-bond acceptors (Lipinski definition) is 2. The lowest BCUT2D eigenvalue weighted by Gasteiger charge is -2.15. The highest BCUT2D eigenvalue weighted by molar-refractivity contribution is 6.30. The van der Waals surface area contributed by atoms with Crippen LogP contribution in [-0.2, 0) is 16.0 Å². The summed E-state index contributed by atoms with van der Waals surface area (Å²) in [6.45, 7) is 2.15. The zero-order valence-corrected chi connectivity index (χ0v) is 11.3. The number of ether oxygens (including phenoxy) is 1. The van der Waals surface area contributed by atoms with Gasteiger partial charge in [0.2, 0.25) is 5.91 Å². The molecule has 1 amide bonds. The predicted octanol–water partition coefficient (Wildman–Crippen LogP) is 2.38. The molecule has 1 atom stereocenters. The lowest BCUT2D eigenvalue weighted by molar-refractivity contribution is -0.128.